The summed E-state index contributed by atoms with van der Waals surface area (Å²) < 4.78 is 3.01. The smallest absolute Gasteiger partial charge is 0.271 e. The van der Waals surface area contributed by atoms with E-state index in [1.54, 1.807) is 6.07 Å². The number of para-hydroxylation sites is 2. The molecule has 0 bridgehead atoms. The molecule has 150 valence electrons. The number of nitrogens with one attached hydrogen (secondary N) is 1. The highest BCUT2D eigenvalue weighted by Gasteiger charge is 2.19. The van der Waals surface area contributed by atoms with Crippen LogP contribution in [0.4, 0.5) is 0 Å². The lowest BCUT2D eigenvalue weighted by molar-refractivity contribution is 0.294. The number of aliphatic hydroxyl groups is 1. The van der Waals surface area contributed by atoms with Gasteiger partial charge in [-0.25, -0.2) is 0 Å². The van der Waals surface area contributed by atoms with Gasteiger partial charge in [-0.15, -0.1) is 0 Å². The maximum absolute atomic E-state index is 13.3. The zero-order chi connectivity index (χ0) is 21.0. The van der Waals surface area contributed by atoms with Gasteiger partial charge in [0.1, 0.15) is 5.56 Å². The van der Waals surface area contributed by atoms with Crippen molar-refractivity contribution in [2.45, 2.75) is 13.8 Å². The Kier molecular flexibility index (Phi) is 6.26. The Morgan fingerprint density at radius 1 is 1.03 bits per heavy atom. The van der Waals surface area contributed by atoms with Crippen LogP contribution in [0.3, 0.4) is 0 Å². The second kappa shape index (κ2) is 8.85. The molecule has 3 rings (SSSR count). The molecule has 0 atom stereocenters. The number of rotatable bonds is 6. The number of aromatic hydroxyl groups is 1. The Morgan fingerprint density at radius 2 is 1.59 bits per heavy atom. The molecule has 1 aromatic heterocycles. The van der Waals surface area contributed by atoms with E-state index < -0.39 is 5.56 Å². The van der Waals surface area contributed by atoms with E-state index in [1.165, 1.54) is 15.3 Å². The zero-order valence-electron chi connectivity index (χ0n) is 16.2. The van der Waals surface area contributed by atoms with E-state index in [-0.39, 0.29) is 29.4 Å². The van der Waals surface area contributed by atoms with Gasteiger partial charge in [0, 0.05) is 0 Å². The lowest BCUT2D eigenvalue weighted by Gasteiger charge is -2.18. The highest BCUT2D eigenvalue weighted by molar-refractivity contribution is 7.71. The summed E-state index contributed by atoms with van der Waals surface area (Å²) in [7, 11) is 0. The topological polar surface area (TPSA) is 91.8 Å². The first-order chi connectivity index (χ1) is 14.0. The van der Waals surface area contributed by atoms with Crippen LogP contribution in [0.1, 0.15) is 16.7 Å². The van der Waals surface area contributed by atoms with Crippen LogP contribution < -0.4 is 11.0 Å². The van der Waals surface area contributed by atoms with Gasteiger partial charge in [-0.2, -0.15) is 5.10 Å². The number of aliphatic hydroxyl groups excluding tert-OH is 1. The minimum atomic E-state index is -0.485. The predicted octanol–water partition coefficient (Wildman–Crippen LogP) is 2.60. The lowest BCUT2D eigenvalue weighted by atomic mass is 10.2. The summed E-state index contributed by atoms with van der Waals surface area (Å²) in [4.78, 5) is 13.3. The van der Waals surface area contributed by atoms with E-state index in [9.17, 15) is 9.90 Å². The molecular weight excluding hydrogens is 388 g/mol. The number of nitrogens with zero attached hydrogens (tertiary/aromatic N) is 3. The number of hydrazone groups is 1. The molecule has 3 N–H and O–H groups in total. The molecular formula is C21H22N4O3S. The van der Waals surface area contributed by atoms with Crippen molar-refractivity contribution >= 4 is 18.4 Å². The third-order valence-corrected chi connectivity index (χ3v) is 4.86. The SMILES string of the molecule is Cc1ccccc1-n1c(O)c(C=NNCCO)c(=O)n(-c2ccccc2C)c1=S. The van der Waals surface area contributed by atoms with Crippen LogP contribution in [0.2, 0.25) is 0 Å². The van der Waals surface area contributed by atoms with Crippen molar-refractivity contribution in [2.24, 2.45) is 5.10 Å². The number of aryl methyl sites for hydroxylation is 2. The van der Waals surface area contributed by atoms with E-state index in [0.29, 0.717) is 11.4 Å². The lowest BCUT2D eigenvalue weighted by Crippen LogP contribution is -2.28. The molecule has 0 radical (unpaired) electrons. The third kappa shape index (κ3) is 3.98. The largest absolute Gasteiger partial charge is 0.494 e. The highest BCUT2D eigenvalue weighted by Crippen LogP contribution is 2.24. The fourth-order valence-electron chi connectivity index (χ4n) is 3.01. The van der Waals surface area contributed by atoms with E-state index >= 15 is 0 Å². The highest BCUT2D eigenvalue weighted by atomic mass is 32.1. The van der Waals surface area contributed by atoms with Crippen LogP contribution in [-0.2, 0) is 0 Å². The Morgan fingerprint density at radius 3 is 2.14 bits per heavy atom. The molecule has 0 aliphatic carbocycles. The molecule has 29 heavy (non-hydrogen) atoms. The zero-order valence-corrected chi connectivity index (χ0v) is 17.0. The van der Waals surface area contributed by atoms with Crippen LogP contribution in [0.15, 0.2) is 58.4 Å². The van der Waals surface area contributed by atoms with Gasteiger partial charge in [-0.1, -0.05) is 36.4 Å². The fourth-order valence-corrected chi connectivity index (χ4v) is 3.38. The average molecular weight is 410 g/mol. The van der Waals surface area contributed by atoms with Crippen LogP contribution in [0.5, 0.6) is 5.88 Å². The molecule has 0 fully saturated rings. The van der Waals surface area contributed by atoms with Crippen molar-refractivity contribution in [3.63, 3.8) is 0 Å². The van der Waals surface area contributed by atoms with Gasteiger partial charge in [0.2, 0.25) is 5.88 Å². The van der Waals surface area contributed by atoms with E-state index in [2.05, 4.69) is 10.5 Å². The van der Waals surface area contributed by atoms with Gasteiger partial charge in [-0.05, 0) is 49.3 Å². The second-order valence-electron chi connectivity index (χ2n) is 6.46. The molecule has 0 saturated heterocycles. The minimum Gasteiger partial charge on any atom is -0.494 e. The maximum Gasteiger partial charge on any atom is 0.271 e. The molecule has 0 saturated carbocycles. The van der Waals surface area contributed by atoms with E-state index in [4.69, 9.17) is 17.3 Å². The molecule has 0 amide bonds. The minimum absolute atomic E-state index is 0.0180. The molecule has 8 heteroatoms. The van der Waals surface area contributed by atoms with Crippen LogP contribution >= 0.6 is 12.2 Å². The Labute approximate surface area is 173 Å². The van der Waals surface area contributed by atoms with Crippen molar-refractivity contribution in [3.05, 3.63) is 80.3 Å². The molecule has 7 nitrogen and oxygen atoms in total. The van der Waals surface area contributed by atoms with Gasteiger partial charge < -0.3 is 15.6 Å². The Bertz CT molecular complexity index is 1180. The Hall–Kier alpha value is -3.23. The number of hydrogen-bond acceptors (Lipinski definition) is 6. The maximum atomic E-state index is 13.3. The first-order valence-corrected chi connectivity index (χ1v) is 9.48. The standard InChI is InChI=1S/C21H22N4O3S/c1-14-7-3-5-9-17(14)24-19(27)16(13-23-22-11-12-26)20(28)25(21(24)29)18-10-6-4-8-15(18)2/h3-10,13,22,26-27H,11-12H2,1-2H3. The van der Waals surface area contributed by atoms with Crippen molar-refractivity contribution < 1.29 is 10.2 Å². The van der Waals surface area contributed by atoms with Gasteiger partial charge in [0.05, 0.1) is 30.7 Å². The molecule has 2 aromatic carbocycles. The summed E-state index contributed by atoms with van der Waals surface area (Å²) in [6, 6.07) is 14.8. The monoisotopic (exact) mass is 410 g/mol. The summed E-state index contributed by atoms with van der Waals surface area (Å²) in [5.74, 6) is -0.298. The van der Waals surface area contributed by atoms with Crippen molar-refractivity contribution in [1.82, 2.24) is 14.6 Å². The summed E-state index contributed by atoms with van der Waals surface area (Å²) in [5.41, 5.74) is 5.15. The molecule has 0 unspecified atom stereocenters. The summed E-state index contributed by atoms with van der Waals surface area (Å²) in [6.07, 6.45) is 1.24. The first kappa shape index (κ1) is 20.5. The summed E-state index contributed by atoms with van der Waals surface area (Å²) in [6.45, 7) is 3.90. The van der Waals surface area contributed by atoms with E-state index in [1.807, 2.05) is 56.3 Å². The molecule has 0 aliphatic rings. The normalized spacial score (nSPS) is 11.1. The van der Waals surface area contributed by atoms with Gasteiger partial charge in [-0.3, -0.25) is 13.9 Å². The fraction of sp³-hybridized carbons (Fsp3) is 0.190. The average Bonchev–Trinajstić information content (AvgIpc) is 2.70. The molecule has 1 heterocycles. The summed E-state index contributed by atoms with van der Waals surface area (Å²) in [5, 5.41) is 23.8. The predicted molar refractivity (Wildman–Crippen MR) is 116 cm³/mol. The van der Waals surface area contributed by atoms with E-state index in [0.717, 1.165) is 11.1 Å². The van der Waals surface area contributed by atoms with Crippen molar-refractivity contribution in [1.29, 1.82) is 0 Å². The van der Waals surface area contributed by atoms with Crippen LogP contribution in [0.25, 0.3) is 11.4 Å². The molecule has 0 spiro atoms. The van der Waals surface area contributed by atoms with Crippen molar-refractivity contribution in [2.75, 3.05) is 13.2 Å². The number of benzene rings is 2. The number of hydrogen-bond donors (Lipinski definition) is 3. The summed E-state index contributed by atoms with van der Waals surface area (Å²) >= 11 is 5.64. The van der Waals surface area contributed by atoms with Gasteiger partial charge in [0.15, 0.2) is 4.77 Å². The first-order valence-electron chi connectivity index (χ1n) is 9.07. The number of aromatic nitrogens is 2. The molecule has 3 aromatic rings. The van der Waals surface area contributed by atoms with Crippen LogP contribution in [-0.4, -0.2) is 38.7 Å². The quantitative estimate of drug-likeness (QED) is 0.251. The van der Waals surface area contributed by atoms with Gasteiger partial charge in [0.25, 0.3) is 5.56 Å². The third-order valence-electron chi connectivity index (χ3n) is 4.49. The van der Waals surface area contributed by atoms with Crippen molar-refractivity contribution in [3.8, 4) is 17.3 Å². The second-order valence-corrected chi connectivity index (χ2v) is 6.82. The van der Waals surface area contributed by atoms with Crippen LogP contribution in [0, 0.1) is 18.6 Å². The Balaban J connectivity index is 2.38. The molecule has 0 aliphatic heterocycles. The van der Waals surface area contributed by atoms with Gasteiger partial charge >= 0.3 is 0 Å².